The fraction of sp³-hybridized carbons (Fsp3) is 0.394. The summed E-state index contributed by atoms with van der Waals surface area (Å²) in [5.74, 6) is 0.736. The summed E-state index contributed by atoms with van der Waals surface area (Å²) in [5.41, 5.74) is 3.34. The Balaban J connectivity index is 1.36. The maximum atomic E-state index is 14.0. The van der Waals surface area contributed by atoms with Gasteiger partial charge in [-0.1, -0.05) is 6.07 Å². The Morgan fingerprint density at radius 2 is 2.02 bits per heavy atom. The van der Waals surface area contributed by atoms with Crippen molar-refractivity contribution >= 4 is 17.2 Å². The number of amides is 1. The van der Waals surface area contributed by atoms with Crippen molar-refractivity contribution in [3.63, 3.8) is 0 Å². The van der Waals surface area contributed by atoms with Crippen molar-refractivity contribution in [3.8, 4) is 22.9 Å². The van der Waals surface area contributed by atoms with Gasteiger partial charge >= 0.3 is 0 Å². The zero-order valence-corrected chi connectivity index (χ0v) is 25.4. The van der Waals surface area contributed by atoms with Crippen LogP contribution < -0.4 is 15.0 Å². The smallest absolute Gasteiger partial charge is 0.252 e. The van der Waals surface area contributed by atoms with Gasteiger partial charge in [-0.25, -0.2) is 13.9 Å². The van der Waals surface area contributed by atoms with E-state index in [1.54, 1.807) is 36.1 Å². The lowest BCUT2D eigenvalue weighted by Crippen LogP contribution is -2.60. The second-order valence-corrected chi connectivity index (χ2v) is 11.4. The molecular weight excluding hydrogens is 561 g/mol. The normalized spacial score (nSPS) is 14.5. The molecule has 0 spiro atoms. The van der Waals surface area contributed by atoms with Gasteiger partial charge < -0.3 is 25.0 Å². The second-order valence-electron chi connectivity index (χ2n) is 11.4. The maximum absolute atomic E-state index is 14.0. The number of hydrogen-bond donors (Lipinski definition) is 2. The highest BCUT2D eigenvalue weighted by Gasteiger charge is 2.38. The third kappa shape index (κ3) is 6.67. The summed E-state index contributed by atoms with van der Waals surface area (Å²) in [6.45, 7) is 6.94. The molecule has 0 aliphatic carbocycles. The molecule has 1 aliphatic heterocycles. The molecule has 1 fully saturated rings. The standard InChI is InChI=1S/C33H38FN7O3/c1-4-44-27-17-29(31-25(18-35)20-37-41(31)21-27)24-7-9-30(36-19-24)40-13-10-33(11-14-40,22-39(3)12-5-15-42)38-32(43)28-16-26(34)8-6-23(28)2/h6-9,16-17,19-21,42H,4-5,10-15,22H2,1-3H3,(H,38,43). The van der Waals surface area contributed by atoms with E-state index < -0.39 is 11.4 Å². The van der Waals surface area contributed by atoms with Crippen LogP contribution in [0.3, 0.4) is 0 Å². The van der Waals surface area contributed by atoms with Crippen molar-refractivity contribution < 1.29 is 19.0 Å². The van der Waals surface area contributed by atoms with Gasteiger partial charge in [0.2, 0.25) is 0 Å². The molecule has 0 bridgehead atoms. The van der Waals surface area contributed by atoms with Crippen molar-refractivity contribution in [1.29, 1.82) is 5.26 Å². The summed E-state index contributed by atoms with van der Waals surface area (Å²) in [5, 5.41) is 26.6. The van der Waals surface area contributed by atoms with Gasteiger partial charge in [0, 0.05) is 55.7 Å². The number of nitrogens with zero attached hydrogens (tertiary/aromatic N) is 6. The summed E-state index contributed by atoms with van der Waals surface area (Å²) < 4.78 is 21.4. The molecule has 4 heterocycles. The van der Waals surface area contributed by atoms with Crippen LogP contribution in [-0.2, 0) is 0 Å². The van der Waals surface area contributed by atoms with Gasteiger partial charge in [-0.2, -0.15) is 10.4 Å². The topological polar surface area (TPSA) is 119 Å². The molecule has 4 aromatic rings. The number of pyridine rings is 2. The number of nitrogens with one attached hydrogen (secondary N) is 1. The minimum atomic E-state index is -0.530. The van der Waals surface area contributed by atoms with Gasteiger partial charge in [-0.05, 0) is 76.1 Å². The Morgan fingerprint density at radius 1 is 1.23 bits per heavy atom. The van der Waals surface area contributed by atoms with Crippen LogP contribution in [0, 0.1) is 24.1 Å². The van der Waals surface area contributed by atoms with Crippen molar-refractivity contribution in [1.82, 2.24) is 24.8 Å². The number of piperidine rings is 1. The highest BCUT2D eigenvalue weighted by Crippen LogP contribution is 2.33. The number of rotatable bonds is 11. The molecule has 1 amide bonds. The largest absolute Gasteiger partial charge is 0.492 e. The fourth-order valence-corrected chi connectivity index (χ4v) is 5.95. The van der Waals surface area contributed by atoms with E-state index in [9.17, 15) is 19.6 Å². The number of carbonyl (C=O) groups is 1. The number of carbonyl (C=O) groups excluding carboxylic acids is 1. The van der Waals surface area contributed by atoms with Gasteiger partial charge in [0.05, 0.1) is 35.6 Å². The Hall–Kier alpha value is -4.53. The predicted molar refractivity (Wildman–Crippen MR) is 166 cm³/mol. The number of hydrogen-bond acceptors (Lipinski definition) is 8. The maximum Gasteiger partial charge on any atom is 0.252 e. The Labute approximate surface area is 256 Å². The van der Waals surface area contributed by atoms with Crippen LogP contribution in [0.25, 0.3) is 16.6 Å². The van der Waals surface area contributed by atoms with E-state index in [-0.39, 0.29) is 12.5 Å². The third-order valence-electron chi connectivity index (χ3n) is 8.22. The molecule has 3 aromatic heterocycles. The van der Waals surface area contributed by atoms with Crippen molar-refractivity contribution in [2.75, 3.05) is 51.3 Å². The number of halogens is 1. The SMILES string of the molecule is CCOc1cc(-c2ccc(N3CCC(CN(C)CCCO)(NC(=O)c4cc(F)ccc4C)CC3)nc2)c2c(C#N)cnn2c1. The summed E-state index contributed by atoms with van der Waals surface area (Å²) in [6.07, 6.45) is 7.08. The first-order chi connectivity index (χ1) is 21.3. The van der Waals surface area contributed by atoms with Crippen LogP contribution in [0.4, 0.5) is 10.2 Å². The molecular formula is C33H38FN7O3. The van der Waals surface area contributed by atoms with Crippen LogP contribution in [0.5, 0.6) is 5.75 Å². The van der Waals surface area contributed by atoms with E-state index >= 15 is 0 Å². The van der Waals surface area contributed by atoms with E-state index in [0.29, 0.717) is 74.4 Å². The van der Waals surface area contributed by atoms with Crippen LogP contribution >= 0.6 is 0 Å². The average Bonchev–Trinajstić information content (AvgIpc) is 3.44. The van der Waals surface area contributed by atoms with E-state index in [1.165, 1.54) is 12.1 Å². The number of aromatic nitrogens is 3. The molecule has 1 aliphatic rings. The number of aliphatic hydroxyl groups is 1. The van der Waals surface area contributed by atoms with E-state index in [1.807, 2.05) is 32.2 Å². The minimum absolute atomic E-state index is 0.0991. The Kier molecular flexibility index (Phi) is 9.42. The molecule has 1 aromatic carbocycles. The first-order valence-electron chi connectivity index (χ1n) is 14.9. The number of aryl methyl sites for hydroxylation is 1. The number of likely N-dealkylation sites (N-methyl/N-ethyl adjacent to an activating group) is 1. The Bertz CT molecular complexity index is 1660. The van der Waals surface area contributed by atoms with Crippen LogP contribution in [0.1, 0.15) is 47.7 Å². The molecule has 10 nitrogen and oxygen atoms in total. The number of benzene rings is 1. The van der Waals surface area contributed by atoms with Crippen molar-refractivity contribution in [2.45, 2.75) is 38.6 Å². The number of fused-ring (bicyclic) bond motifs is 1. The number of aliphatic hydroxyl groups excluding tert-OH is 1. The Morgan fingerprint density at radius 3 is 2.70 bits per heavy atom. The van der Waals surface area contributed by atoms with Crippen LogP contribution in [0.15, 0.2) is 55.0 Å². The van der Waals surface area contributed by atoms with Crippen molar-refractivity contribution in [3.05, 3.63) is 77.5 Å². The zero-order chi connectivity index (χ0) is 31.3. The molecule has 44 heavy (non-hydrogen) atoms. The lowest BCUT2D eigenvalue weighted by molar-refractivity contribution is 0.0836. The number of nitriles is 1. The molecule has 0 atom stereocenters. The summed E-state index contributed by atoms with van der Waals surface area (Å²) in [7, 11) is 1.99. The van der Waals surface area contributed by atoms with E-state index in [2.05, 4.69) is 26.3 Å². The number of ether oxygens (including phenoxy) is 1. The zero-order valence-electron chi connectivity index (χ0n) is 25.4. The molecule has 1 saturated heterocycles. The van der Waals surface area contributed by atoms with E-state index in [0.717, 1.165) is 22.5 Å². The quantitative estimate of drug-likeness (QED) is 0.263. The molecule has 2 N–H and O–H groups in total. The first kappa shape index (κ1) is 30.9. The fourth-order valence-electron chi connectivity index (χ4n) is 5.95. The van der Waals surface area contributed by atoms with Crippen LogP contribution in [0.2, 0.25) is 0 Å². The first-order valence-corrected chi connectivity index (χ1v) is 14.9. The molecule has 5 rings (SSSR count). The van der Waals surface area contributed by atoms with Gasteiger partial charge in [0.1, 0.15) is 23.5 Å². The molecule has 11 heteroatoms. The van der Waals surface area contributed by atoms with Gasteiger partial charge in [0.25, 0.3) is 5.91 Å². The average molecular weight is 600 g/mol. The molecule has 0 unspecified atom stereocenters. The highest BCUT2D eigenvalue weighted by molar-refractivity contribution is 5.96. The van der Waals surface area contributed by atoms with Gasteiger partial charge in [-0.15, -0.1) is 0 Å². The minimum Gasteiger partial charge on any atom is -0.492 e. The molecule has 0 radical (unpaired) electrons. The summed E-state index contributed by atoms with van der Waals surface area (Å²) >= 11 is 0. The predicted octanol–water partition coefficient (Wildman–Crippen LogP) is 4.20. The molecule has 0 saturated carbocycles. The number of anilines is 1. The van der Waals surface area contributed by atoms with E-state index in [4.69, 9.17) is 9.72 Å². The monoisotopic (exact) mass is 599 g/mol. The van der Waals surface area contributed by atoms with Crippen molar-refractivity contribution in [2.24, 2.45) is 0 Å². The highest BCUT2D eigenvalue weighted by atomic mass is 19.1. The third-order valence-corrected chi connectivity index (χ3v) is 8.22. The van der Waals surface area contributed by atoms with Crippen LogP contribution in [-0.4, -0.2) is 82.5 Å². The second kappa shape index (κ2) is 13.4. The van der Waals surface area contributed by atoms with Gasteiger partial charge in [0.15, 0.2) is 0 Å². The lowest BCUT2D eigenvalue weighted by atomic mass is 9.86. The summed E-state index contributed by atoms with van der Waals surface area (Å²) in [6, 6.07) is 12.3. The molecule has 230 valence electrons. The lowest BCUT2D eigenvalue weighted by Gasteiger charge is -2.44. The summed E-state index contributed by atoms with van der Waals surface area (Å²) in [4.78, 5) is 22.5. The van der Waals surface area contributed by atoms with Gasteiger partial charge in [-0.3, -0.25) is 4.79 Å².